The molecule has 0 amide bonds. The lowest BCUT2D eigenvalue weighted by molar-refractivity contribution is 0.325. The lowest BCUT2D eigenvalue weighted by Crippen LogP contribution is -1.98. The largest absolute Gasteiger partial charge is 0.493 e. The van der Waals surface area contributed by atoms with Crippen molar-refractivity contribution in [3.8, 4) is 28.4 Å². The lowest BCUT2D eigenvalue weighted by Gasteiger charge is -2.16. The van der Waals surface area contributed by atoms with E-state index < -0.39 is 5.82 Å². The first-order valence-corrected chi connectivity index (χ1v) is 5.96. The number of ether oxygens (including phenoxy) is 3. The zero-order valence-corrected chi connectivity index (χ0v) is 11.6. The Morgan fingerprint density at radius 2 is 1.50 bits per heavy atom. The van der Waals surface area contributed by atoms with Gasteiger partial charge in [-0.2, -0.15) is 0 Å². The quantitative estimate of drug-likeness (QED) is 0.872. The molecule has 2 rings (SSSR count). The van der Waals surface area contributed by atoms with Gasteiger partial charge in [0, 0.05) is 16.8 Å². The molecule has 0 spiro atoms. The van der Waals surface area contributed by atoms with E-state index in [2.05, 4.69) is 0 Å². The van der Waals surface area contributed by atoms with Gasteiger partial charge in [0.15, 0.2) is 11.5 Å². The summed E-state index contributed by atoms with van der Waals surface area (Å²) in [5.41, 5.74) is 6.89. The number of methoxy groups -OCH3 is 3. The summed E-state index contributed by atoms with van der Waals surface area (Å²) < 4.78 is 29.9. The third-order valence-electron chi connectivity index (χ3n) is 2.99. The average molecular weight is 277 g/mol. The second kappa shape index (κ2) is 5.69. The first kappa shape index (κ1) is 14.0. The van der Waals surface area contributed by atoms with Crippen molar-refractivity contribution in [2.75, 3.05) is 27.1 Å². The van der Waals surface area contributed by atoms with Crippen LogP contribution in [0.2, 0.25) is 0 Å². The fourth-order valence-electron chi connectivity index (χ4n) is 2.06. The molecule has 0 unspecified atom stereocenters. The molecular formula is C15H16FNO3. The Labute approximate surface area is 116 Å². The molecule has 0 aliphatic rings. The van der Waals surface area contributed by atoms with Crippen molar-refractivity contribution < 1.29 is 18.6 Å². The summed E-state index contributed by atoms with van der Waals surface area (Å²) in [6, 6.07) is 7.93. The molecule has 0 saturated carbocycles. The first-order valence-electron chi connectivity index (χ1n) is 5.96. The third kappa shape index (κ3) is 2.34. The zero-order valence-electron chi connectivity index (χ0n) is 11.6. The lowest BCUT2D eigenvalue weighted by atomic mass is 10.0. The molecule has 4 nitrogen and oxygen atoms in total. The third-order valence-corrected chi connectivity index (χ3v) is 2.99. The van der Waals surface area contributed by atoms with Crippen LogP contribution in [0, 0.1) is 5.82 Å². The van der Waals surface area contributed by atoms with Crippen LogP contribution in [0.5, 0.6) is 17.2 Å². The minimum Gasteiger partial charge on any atom is -0.493 e. The molecule has 0 radical (unpaired) electrons. The van der Waals surface area contributed by atoms with E-state index >= 15 is 0 Å². The highest BCUT2D eigenvalue weighted by Crippen LogP contribution is 2.44. The Balaban J connectivity index is 2.68. The van der Waals surface area contributed by atoms with E-state index in [0.29, 0.717) is 34.1 Å². The highest BCUT2D eigenvalue weighted by atomic mass is 19.1. The van der Waals surface area contributed by atoms with Gasteiger partial charge in [-0.1, -0.05) is 0 Å². The molecule has 20 heavy (non-hydrogen) atoms. The van der Waals surface area contributed by atoms with Crippen LogP contribution < -0.4 is 19.9 Å². The van der Waals surface area contributed by atoms with Crippen molar-refractivity contribution in [3.05, 3.63) is 36.1 Å². The minimum absolute atomic E-state index is 0.366. The summed E-state index contributed by atoms with van der Waals surface area (Å²) in [4.78, 5) is 0. The van der Waals surface area contributed by atoms with Crippen LogP contribution in [0.15, 0.2) is 30.3 Å². The Hall–Kier alpha value is -2.43. The van der Waals surface area contributed by atoms with Crippen LogP contribution in [-0.4, -0.2) is 21.3 Å². The number of hydrogen-bond donors (Lipinski definition) is 1. The molecule has 0 atom stereocenters. The number of halogens is 1. The van der Waals surface area contributed by atoms with Crippen LogP contribution >= 0.6 is 0 Å². The minimum atomic E-state index is -0.421. The number of rotatable bonds is 4. The van der Waals surface area contributed by atoms with Crippen LogP contribution in [0.1, 0.15) is 0 Å². The van der Waals surface area contributed by atoms with Gasteiger partial charge in [-0.15, -0.1) is 0 Å². The molecule has 2 aromatic carbocycles. The first-order chi connectivity index (χ1) is 9.62. The standard InChI is InChI=1S/C15H16FNO3/c1-18-13-7-6-11(14(19-2)15(13)20-3)10-5-4-9(17)8-12(10)16/h4-8H,17H2,1-3H3. The van der Waals surface area contributed by atoms with E-state index in [1.54, 1.807) is 24.3 Å². The van der Waals surface area contributed by atoms with E-state index in [-0.39, 0.29) is 0 Å². The van der Waals surface area contributed by atoms with Gasteiger partial charge in [0.1, 0.15) is 5.82 Å². The van der Waals surface area contributed by atoms with Crippen molar-refractivity contribution in [2.45, 2.75) is 0 Å². The van der Waals surface area contributed by atoms with Crippen LogP contribution in [0.4, 0.5) is 10.1 Å². The number of benzene rings is 2. The molecule has 106 valence electrons. The summed E-state index contributed by atoms with van der Waals surface area (Å²) in [5.74, 6) is 0.929. The monoisotopic (exact) mass is 277 g/mol. The van der Waals surface area contributed by atoms with Crippen LogP contribution in [0.3, 0.4) is 0 Å². The van der Waals surface area contributed by atoms with Gasteiger partial charge in [-0.25, -0.2) is 4.39 Å². The fraction of sp³-hybridized carbons (Fsp3) is 0.200. The van der Waals surface area contributed by atoms with Crippen molar-refractivity contribution in [3.63, 3.8) is 0 Å². The molecule has 0 bridgehead atoms. The summed E-state index contributed by atoms with van der Waals surface area (Å²) in [6.07, 6.45) is 0. The van der Waals surface area contributed by atoms with Crippen molar-refractivity contribution in [1.29, 1.82) is 0 Å². The van der Waals surface area contributed by atoms with Crippen molar-refractivity contribution in [2.24, 2.45) is 0 Å². The van der Waals surface area contributed by atoms with Gasteiger partial charge >= 0.3 is 0 Å². The number of anilines is 1. The van der Waals surface area contributed by atoms with Gasteiger partial charge in [0.25, 0.3) is 0 Å². The Kier molecular flexibility index (Phi) is 3.98. The Morgan fingerprint density at radius 3 is 2.05 bits per heavy atom. The second-order valence-electron chi connectivity index (χ2n) is 4.12. The predicted molar refractivity (Wildman–Crippen MR) is 75.9 cm³/mol. The van der Waals surface area contributed by atoms with Crippen molar-refractivity contribution in [1.82, 2.24) is 0 Å². The van der Waals surface area contributed by atoms with E-state index in [0.717, 1.165) is 0 Å². The molecule has 0 heterocycles. The smallest absolute Gasteiger partial charge is 0.203 e. The van der Waals surface area contributed by atoms with E-state index in [4.69, 9.17) is 19.9 Å². The molecule has 2 aromatic rings. The summed E-state index contributed by atoms with van der Waals surface area (Å²) >= 11 is 0. The highest BCUT2D eigenvalue weighted by Gasteiger charge is 2.18. The van der Waals surface area contributed by atoms with Crippen molar-refractivity contribution >= 4 is 5.69 Å². The highest BCUT2D eigenvalue weighted by molar-refractivity contribution is 5.77. The maximum atomic E-state index is 14.1. The normalized spacial score (nSPS) is 10.2. The predicted octanol–water partition coefficient (Wildman–Crippen LogP) is 3.10. The topological polar surface area (TPSA) is 53.7 Å². The molecule has 0 aromatic heterocycles. The van der Waals surface area contributed by atoms with Gasteiger partial charge in [-0.3, -0.25) is 0 Å². The summed E-state index contributed by atoms with van der Waals surface area (Å²) in [5, 5.41) is 0. The van der Waals surface area contributed by atoms with Gasteiger partial charge in [-0.05, 0) is 30.3 Å². The molecule has 0 fully saturated rings. The summed E-state index contributed by atoms with van der Waals surface area (Å²) in [7, 11) is 4.53. The van der Waals surface area contributed by atoms with Gasteiger partial charge in [0.2, 0.25) is 5.75 Å². The Morgan fingerprint density at radius 1 is 0.850 bits per heavy atom. The number of hydrogen-bond acceptors (Lipinski definition) is 4. The Bertz CT molecular complexity index is 629. The van der Waals surface area contributed by atoms with E-state index in [1.807, 2.05) is 0 Å². The molecule has 0 aliphatic heterocycles. The van der Waals surface area contributed by atoms with Crippen LogP contribution in [-0.2, 0) is 0 Å². The summed E-state index contributed by atoms with van der Waals surface area (Å²) in [6.45, 7) is 0. The molecule has 0 saturated heterocycles. The molecule has 2 N–H and O–H groups in total. The van der Waals surface area contributed by atoms with E-state index in [1.165, 1.54) is 27.4 Å². The molecular weight excluding hydrogens is 261 g/mol. The molecule has 0 aliphatic carbocycles. The maximum absolute atomic E-state index is 14.1. The average Bonchev–Trinajstić information content (AvgIpc) is 2.45. The van der Waals surface area contributed by atoms with Gasteiger partial charge < -0.3 is 19.9 Å². The van der Waals surface area contributed by atoms with Crippen LogP contribution in [0.25, 0.3) is 11.1 Å². The zero-order chi connectivity index (χ0) is 14.7. The molecule has 5 heteroatoms. The van der Waals surface area contributed by atoms with E-state index in [9.17, 15) is 4.39 Å². The second-order valence-corrected chi connectivity index (χ2v) is 4.12. The number of nitrogen functional groups attached to an aromatic ring is 1. The number of nitrogens with two attached hydrogens (primary N) is 1. The fourth-order valence-corrected chi connectivity index (χ4v) is 2.06. The maximum Gasteiger partial charge on any atom is 0.203 e. The SMILES string of the molecule is COc1ccc(-c2ccc(N)cc2F)c(OC)c1OC. The van der Waals surface area contributed by atoms with Gasteiger partial charge in [0.05, 0.1) is 21.3 Å².